The highest BCUT2D eigenvalue weighted by Crippen LogP contribution is 2.23. The molecule has 0 radical (unpaired) electrons. The van der Waals surface area contributed by atoms with E-state index in [0.29, 0.717) is 10.7 Å². The first-order valence-corrected chi connectivity index (χ1v) is 5.23. The lowest BCUT2D eigenvalue weighted by molar-refractivity contribution is 0.145. The van der Waals surface area contributed by atoms with Crippen molar-refractivity contribution >= 4 is 23.8 Å². The molecule has 1 N–H and O–H groups in total. The molecular weight excluding hydrogens is 254 g/mol. The molecule has 16 heavy (non-hydrogen) atoms. The standard InChI is InChI=1S/C10H7ClF2N2S/c11-6-3-1-2-4-8(6)15-9(16)5-7(14-15)10(12)13/h1-5,10,14H. The zero-order valence-electron chi connectivity index (χ0n) is 7.95. The molecule has 1 heterocycles. The summed E-state index contributed by atoms with van der Waals surface area (Å²) in [5, 5.41) is 2.96. The fourth-order valence-corrected chi connectivity index (χ4v) is 1.83. The minimum atomic E-state index is -2.58. The second-order valence-corrected chi connectivity index (χ2v) is 3.96. The van der Waals surface area contributed by atoms with Gasteiger partial charge < -0.3 is 0 Å². The molecule has 84 valence electrons. The number of rotatable bonds is 2. The average Bonchev–Trinajstić information content (AvgIpc) is 2.61. The highest BCUT2D eigenvalue weighted by Gasteiger charge is 2.12. The van der Waals surface area contributed by atoms with Crippen molar-refractivity contribution < 1.29 is 8.78 Å². The van der Waals surface area contributed by atoms with Crippen LogP contribution in [0.25, 0.3) is 5.69 Å². The van der Waals surface area contributed by atoms with Crippen LogP contribution < -0.4 is 0 Å². The lowest BCUT2D eigenvalue weighted by Crippen LogP contribution is -1.98. The van der Waals surface area contributed by atoms with Gasteiger partial charge in [0.15, 0.2) is 0 Å². The fourth-order valence-electron chi connectivity index (χ4n) is 1.34. The normalized spacial score (nSPS) is 11.0. The Kier molecular flexibility index (Phi) is 3.07. The van der Waals surface area contributed by atoms with Crippen LogP contribution in [-0.4, -0.2) is 9.78 Å². The van der Waals surface area contributed by atoms with Gasteiger partial charge in [-0.25, -0.2) is 13.5 Å². The van der Waals surface area contributed by atoms with E-state index in [9.17, 15) is 8.78 Å². The number of nitrogens with one attached hydrogen (secondary N) is 1. The fraction of sp³-hybridized carbons (Fsp3) is 0.100. The van der Waals surface area contributed by atoms with Crippen LogP contribution in [0.3, 0.4) is 0 Å². The molecule has 0 atom stereocenters. The molecule has 0 saturated carbocycles. The summed E-state index contributed by atoms with van der Waals surface area (Å²) in [5.41, 5.74) is 0.339. The van der Waals surface area contributed by atoms with Crippen LogP contribution in [0.2, 0.25) is 5.02 Å². The Morgan fingerprint density at radius 2 is 2.00 bits per heavy atom. The Morgan fingerprint density at radius 3 is 2.56 bits per heavy atom. The minimum Gasteiger partial charge on any atom is -0.291 e. The highest BCUT2D eigenvalue weighted by molar-refractivity contribution is 7.71. The summed E-state index contributed by atoms with van der Waals surface area (Å²) >= 11 is 10.9. The molecule has 0 saturated heterocycles. The van der Waals surface area contributed by atoms with Crippen molar-refractivity contribution in [3.63, 3.8) is 0 Å². The molecule has 0 aliphatic heterocycles. The third-order valence-corrected chi connectivity index (χ3v) is 2.69. The van der Waals surface area contributed by atoms with E-state index in [1.165, 1.54) is 10.7 Å². The number of halogens is 3. The van der Waals surface area contributed by atoms with E-state index in [1.54, 1.807) is 24.3 Å². The van der Waals surface area contributed by atoms with Crippen LogP contribution in [-0.2, 0) is 0 Å². The molecule has 2 aromatic rings. The summed E-state index contributed by atoms with van der Waals surface area (Å²) in [4.78, 5) is 0. The molecule has 0 spiro atoms. The molecule has 6 heteroatoms. The topological polar surface area (TPSA) is 20.7 Å². The van der Waals surface area contributed by atoms with E-state index in [4.69, 9.17) is 23.8 Å². The summed E-state index contributed by atoms with van der Waals surface area (Å²) in [6.07, 6.45) is -2.58. The van der Waals surface area contributed by atoms with Gasteiger partial charge in [-0.3, -0.25) is 5.10 Å². The predicted octanol–water partition coefficient (Wildman–Crippen LogP) is 4.13. The number of hydrogen-bond donors (Lipinski definition) is 1. The van der Waals surface area contributed by atoms with E-state index in [-0.39, 0.29) is 10.3 Å². The number of para-hydroxylation sites is 1. The monoisotopic (exact) mass is 260 g/mol. The van der Waals surface area contributed by atoms with Crippen molar-refractivity contribution in [3.05, 3.63) is 45.7 Å². The molecular formula is C10H7ClF2N2S. The van der Waals surface area contributed by atoms with Gasteiger partial charge in [-0.1, -0.05) is 36.0 Å². The van der Waals surface area contributed by atoms with Crippen LogP contribution in [0.4, 0.5) is 8.78 Å². The maximum absolute atomic E-state index is 12.5. The summed E-state index contributed by atoms with van der Waals surface area (Å²) < 4.78 is 26.5. The quantitative estimate of drug-likeness (QED) is 0.806. The zero-order valence-corrected chi connectivity index (χ0v) is 9.53. The molecule has 0 bridgehead atoms. The highest BCUT2D eigenvalue weighted by atomic mass is 35.5. The van der Waals surface area contributed by atoms with Crippen molar-refractivity contribution in [2.75, 3.05) is 0 Å². The van der Waals surface area contributed by atoms with Gasteiger partial charge in [-0.15, -0.1) is 0 Å². The smallest absolute Gasteiger partial charge is 0.279 e. The van der Waals surface area contributed by atoms with Crippen LogP contribution in [0.5, 0.6) is 0 Å². The zero-order chi connectivity index (χ0) is 11.7. The van der Waals surface area contributed by atoms with Crippen molar-refractivity contribution in [2.45, 2.75) is 6.43 Å². The molecule has 0 amide bonds. The molecule has 0 fully saturated rings. The Hall–Kier alpha value is -1.20. The largest absolute Gasteiger partial charge is 0.291 e. The Morgan fingerprint density at radius 1 is 1.31 bits per heavy atom. The molecule has 1 aromatic heterocycles. The lowest BCUT2D eigenvalue weighted by atomic mass is 10.3. The van der Waals surface area contributed by atoms with Gasteiger partial charge in [0.1, 0.15) is 10.3 Å². The second kappa shape index (κ2) is 4.35. The van der Waals surface area contributed by atoms with Crippen LogP contribution in [0, 0.1) is 4.64 Å². The number of alkyl halides is 2. The maximum Gasteiger partial charge on any atom is 0.279 e. The van der Waals surface area contributed by atoms with Crippen molar-refractivity contribution in [2.24, 2.45) is 0 Å². The van der Waals surface area contributed by atoms with Gasteiger partial charge in [-0.05, 0) is 12.1 Å². The first-order chi connectivity index (χ1) is 7.59. The lowest BCUT2D eigenvalue weighted by Gasteiger charge is -2.04. The Labute approximate surface area is 100 Å². The van der Waals surface area contributed by atoms with Crippen molar-refractivity contribution in [1.82, 2.24) is 9.78 Å². The van der Waals surface area contributed by atoms with Gasteiger partial charge in [0.05, 0.1) is 10.7 Å². The number of nitrogens with zero attached hydrogens (tertiary/aromatic N) is 1. The number of H-pyrrole nitrogens is 1. The third-order valence-electron chi connectivity index (χ3n) is 2.07. The molecule has 0 aliphatic rings. The van der Waals surface area contributed by atoms with Gasteiger partial charge in [0, 0.05) is 6.07 Å². The minimum absolute atomic E-state index is 0.218. The van der Waals surface area contributed by atoms with Crippen molar-refractivity contribution in [1.29, 1.82) is 0 Å². The van der Waals surface area contributed by atoms with Gasteiger partial charge >= 0.3 is 0 Å². The Bertz CT molecular complexity index is 562. The maximum atomic E-state index is 12.5. The van der Waals surface area contributed by atoms with E-state index < -0.39 is 6.43 Å². The van der Waals surface area contributed by atoms with E-state index in [2.05, 4.69) is 5.10 Å². The number of benzene rings is 1. The summed E-state index contributed by atoms with van der Waals surface area (Å²) in [6, 6.07) is 8.10. The number of aromatic nitrogens is 2. The van der Waals surface area contributed by atoms with Gasteiger partial charge in [0.25, 0.3) is 6.43 Å². The van der Waals surface area contributed by atoms with E-state index >= 15 is 0 Å². The van der Waals surface area contributed by atoms with Crippen LogP contribution in [0.15, 0.2) is 30.3 Å². The SMILES string of the molecule is FC(F)c1cc(=S)n(-c2ccccc2Cl)[nH]1. The molecule has 2 nitrogen and oxygen atoms in total. The van der Waals surface area contributed by atoms with Gasteiger partial charge in [0.2, 0.25) is 0 Å². The van der Waals surface area contributed by atoms with Crippen molar-refractivity contribution in [3.8, 4) is 5.69 Å². The first kappa shape index (κ1) is 11.3. The summed E-state index contributed by atoms with van der Waals surface area (Å²) in [6.45, 7) is 0. The second-order valence-electron chi connectivity index (χ2n) is 3.14. The molecule has 0 unspecified atom stereocenters. The summed E-state index contributed by atoms with van der Waals surface area (Å²) in [5.74, 6) is 0. The summed E-state index contributed by atoms with van der Waals surface area (Å²) in [7, 11) is 0. The van der Waals surface area contributed by atoms with Gasteiger partial charge in [-0.2, -0.15) is 0 Å². The molecule has 0 aliphatic carbocycles. The number of hydrogen-bond acceptors (Lipinski definition) is 1. The number of aromatic amines is 1. The first-order valence-electron chi connectivity index (χ1n) is 4.44. The predicted molar refractivity (Wildman–Crippen MR) is 60.9 cm³/mol. The average molecular weight is 261 g/mol. The van der Waals surface area contributed by atoms with E-state index in [0.717, 1.165) is 0 Å². The third kappa shape index (κ3) is 2.01. The molecule has 2 rings (SSSR count). The van der Waals surface area contributed by atoms with E-state index in [1.807, 2.05) is 0 Å². The Balaban J connectivity index is 2.57. The van der Waals surface area contributed by atoms with Crippen LogP contribution in [0.1, 0.15) is 12.1 Å². The molecule has 1 aromatic carbocycles. The van der Waals surface area contributed by atoms with Crippen LogP contribution >= 0.6 is 23.8 Å².